The minimum Gasteiger partial charge on any atom is -0.494 e. The van der Waals surface area contributed by atoms with Gasteiger partial charge in [0.15, 0.2) is 0 Å². The Morgan fingerprint density at radius 2 is 1.52 bits per heavy atom. The largest absolute Gasteiger partial charge is 0.494 e. The number of esters is 1. The summed E-state index contributed by atoms with van der Waals surface area (Å²) in [5.74, 6) is 0.863. The minimum atomic E-state index is -0.396. The predicted octanol–water partition coefficient (Wildman–Crippen LogP) is 8.16. The van der Waals surface area contributed by atoms with Crippen molar-refractivity contribution in [2.45, 2.75) is 45.4 Å². The van der Waals surface area contributed by atoms with Gasteiger partial charge in [-0.3, -0.25) is 4.99 Å². The average Bonchev–Trinajstić information content (AvgIpc) is 2.84. The van der Waals surface area contributed by atoms with Crippen LogP contribution in [0.1, 0.15) is 61.4 Å². The number of hydrogen-bond acceptors (Lipinski definition) is 4. The summed E-state index contributed by atoms with van der Waals surface area (Å²) in [7, 11) is 0. The van der Waals surface area contributed by atoms with Gasteiger partial charge in [0.05, 0.1) is 17.9 Å². The first-order valence-electron chi connectivity index (χ1n) is 11.5. The zero-order chi connectivity index (χ0) is 23.3. The third kappa shape index (κ3) is 8.50. The number of carbonyl (C=O) groups excluding carboxylic acids is 1. The molecule has 0 amide bonds. The molecule has 0 aliphatic heterocycles. The summed E-state index contributed by atoms with van der Waals surface area (Å²) >= 11 is 3.48. The molecule has 0 bridgehead atoms. The highest BCUT2D eigenvalue weighted by molar-refractivity contribution is 9.10. The van der Waals surface area contributed by atoms with Gasteiger partial charge in [-0.1, -0.05) is 51.2 Å². The maximum Gasteiger partial charge on any atom is 0.343 e. The molecule has 0 unspecified atom stereocenters. The molecule has 0 N–H and O–H groups in total. The zero-order valence-corrected chi connectivity index (χ0v) is 20.6. The fourth-order valence-corrected chi connectivity index (χ4v) is 3.64. The van der Waals surface area contributed by atoms with Gasteiger partial charge in [0.2, 0.25) is 0 Å². The van der Waals surface area contributed by atoms with Crippen LogP contribution in [0.15, 0.2) is 82.3 Å². The van der Waals surface area contributed by atoms with Gasteiger partial charge in [-0.15, -0.1) is 0 Å². The predicted molar refractivity (Wildman–Crippen MR) is 138 cm³/mol. The quantitative estimate of drug-likeness (QED) is 0.107. The lowest BCUT2D eigenvalue weighted by Gasteiger charge is -2.08. The Labute approximate surface area is 204 Å². The second kappa shape index (κ2) is 13.6. The van der Waals surface area contributed by atoms with E-state index in [9.17, 15) is 4.79 Å². The van der Waals surface area contributed by atoms with Gasteiger partial charge in [-0.25, -0.2) is 4.79 Å². The lowest BCUT2D eigenvalue weighted by atomic mass is 10.1. The molecule has 0 saturated heterocycles. The Balaban J connectivity index is 1.45. The maximum atomic E-state index is 12.4. The van der Waals surface area contributed by atoms with Crippen molar-refractivity contribution in [2.75, 3.05) is 6.61 Å². The molecular weight excluding hydrogens is 478 g/mol. The van der Waals surface area contributed by atoms with Crippen LogP contribution in [0, 0.1) is 0 Å². The van der Waals surface area contributed by atoms with E-state index in [1.807, 2.05) is 48.5 Å². The van der Waals surface area contributed by atoms with Gasteiger partial charge in [0.1, 0.15) is 11.5 Å². The van der Waals surface area contributed by atoms with E-state index in [1.54, 1.807) is 30.5 Å². The van der Waals surface area contributed by atoms with Gasteiger partial charge < -0.3 is 9.47 Å². The van der Waals surface area contributed by atoms with Gasteiger partial charge in [0.25, 0.3) is 0 Å². The van der Waals surface area contributed by atoms with Gasteiger partial charge >= 0.3 is 5.97 Å². The van der Waals surface area contributed by atoms with E-state index in [4.69, 9.17) is 9.47 Å². The third-order valence-corrected chi connectivity index (χ3v) is 5.82. The Morgan fingerprint density at radius 1 is 0.848 bits per heavy atom. The summed E-state index contributed by atoms with van der Waals surface area (Å²) in [4.78, 5) is 16.9. The highest BCUT2D eigenvalue weighted by Gasteiger charge is 2.09. The summed E-state index contributed by atoms with van der Waals surface area (Å²) in [6, 6.07) is 22.1. The summed E-state index contributed by atoms with van der Waals surface area (Å²) in [6.45, 7) is 2.92. The molecule has 5 heteroatoms. The molecule has 33 heavy (non-hydrogen) atoms. The number of ether oxygens (including phenoxy) is 2. The third-order valence-electron chi connectivity index (χ3n) is 5.15. The highest BCUT2D eigenvalue weighted by Crippen LogP contribution is 2.24. The molecule has 3 aromatic carbocycles. The minimum absolute atomic E-state index is 0.396. The van der Waals surface area contributed by atoms with E-state index in [2.05, 4.69) is 27.8 Å². The number of unbranched alkanes of at least 4 members (excludes halogenated alkanes) is 5. The van der Waals surface area contributed by atoms with Gasteiger partial charge in [0, 0.05) is 10.7 Å². The second-order valence-electron chi connectivity index (χ2n) is 7.81. The van der Waals surface area contributed by atoms with Crippen molar-refractivity contribution in [1.29, 1.82) is 0 Å². The average molecular weight is 508 g/mol. The molecule has 172 valence electrons. The first-order chi connectivity index (χ1) is 16.2. The van der Waals surface area contributed by atoms with Crippen molar-refractivity contribution in [3.8, 4) is 11.5 Å². The molecule has 0 radical (unpaired) electrons. The number of benzene rings is 3. The molecule has 0 saturated carbocycles. The lowest BCUT2D eigenvalue weighted by molar-refractivity contribution is 0.0734. The summed E-state index contributed by atoms with van der Waals surface area (Å²) in [5, 5.41) is 0. The van der Waals surface area contributed by atoms with Crippen LogP contribution in [0.5, 0.6) is 11.5 Å². The van der Waals surface area contributed by atoms with Crippen molar-refractivity contribution < 1.29 is 14.3 Å². The Bertz CT molecular complexity index is 1030. The van der Waals surface area contributed by atoms with E-state index >= 15 is 0 Å². The van der Waals surface area contributed by atoms with Crippen LogP contribution in [0.25, 0.3) is 0 Å². The van der Waals surface area contributed by atoms with Crippen LogP contribution in [0.2, 0.25) is 0 Å². The number of para-hydroxylation sites is 1. The maximum absolute atomic E-state index is 12.4. The van der Waals surface area contributed by atoms with E-state index < -0.39 is 5.97 Å². The molecule has 0 fully saturated rings. The smallest absolute Gasteiger partial charge is 0.343 e. The fraction of sp³-hybridized carbons (Fsp3) is 0.286. The SMILES string of the molecule is CCCCCCCCOc1ccc(C(=O)Oc2ccc(C=Nc3ccccc3Br)cc2)cc1. The van der Waals surface area contributed by atoms with Crippen LogP contribution < -0.4 is 9.47 Å². The molecule has 3 aromatic rings. The zero-order valence-electron chi connectivity index (χ0n) is 19.0. The first-order valence-corrected chi connectivity index (χ1v) is 12.3. The molecule has 0 aliphatic carbocycles. The molecule has 3 rings (SSSR count). The van der Waals surface area contributed by atoms with Crippen molar-refractivity contribution in [1.82, 2.24) is 0 Å². The number of halogens is 1. The van der Waals surface area contributed by atoms with Gasteiger partial charge in [-0.05, 0) is 88.6 Å². The lowest BCUT2D eigenvalue weighted by Crippen LogP contribution is -2.08. The Hall–Kier alpha value is -2.92. The van der Waals surface area contributed by atoms with Crippen LogP contribution in [-0.4, -0.2) is 18.8 Å². The topological polar surface area (TPSA) is 47.9 Å². The standard InChI is InChI=1S/C28H30BrNO3/c1-2-3-4-5-6-9-20-32-24-18-14-23(15-19-24)28(31)33-25-16-12-22(13-17-25)21-30-27-11-8-7-10-26(27)29/h7-8,10-19,21H,2-6,9,20H2,1H3. The van der Waals surface area contributed by atoms with E-state index in [-0.39, 0.29) is 0 Å². The summed E-state index contributed by atoms with van der Waals surface area (Å²) in [5.41, 5.74) is 2.26. The van der Waals surface area contributed by atoms with Crippen LogP contribution >= 0.6 is 15.9 Å². The number of carbonyl (C=O) groups is 1. The first kappa shape index (κ1) is 24.7. The summed E-state index contributed by atoms with van der Waals surface area (Å²) < 4.78 is 12.2. The van der Waals surface area contributed by atoms with Crippen molar-refractivity contribution >= 4 is 33.8 Å². The molecule has 4 nitrogen and oxygen atoms in total. The van der Waals surface area contributed by atoms with Crippen molar-refractivity contribution in [3.05, 3.63) is 88.4 Å². The van der Waals surface area contributed by atoms with Crippen LogP contribution in [-0.2, 0) is 0 Å². The monoisotopic (exact) mass is 507 g/mol. The Kier molecular flexibility index (Phi) is 10.2. The molecular formula is C28H30BrNO3. The molecule has 0 aliphatic rings. The molecule has 0 heterocycles. The van der Waals surface area contributed by atoms with Crippen molar-refractivity contribution in [3.63, 3.8) is 0 Å². The van der Waals surface area contributed by atoms with Crippen LogP contribution in [0.4, 0.5) is 5.69 Å². The van der Waals surface area contributed by atoms with E-state index in [1.165, 1.54) is 32.1 Å². The molecule has 0 aromatic heterocycles. The van der Waals surface area contributed by atoms with Crippen molar-refractivity contribution in [2.24, 2.45) is 4.99 Å². The van der Waals surface area contributed by atoms with E-state index in [0.717, 1.165) is 27.9 Å². The number of aliphatic imine (C=N–C) groups is 1. The second-order valence-corrected chi connectivity index (χ2v) is 8.66. The Morgan fingerprint density at radius 3 is 2.24 bits per heavy atom. The summed E-state index contributed by atoms with van der Waals surface area (Å²) in [6.07, 6.45) is 9.16. The normalized spacial score (nSPS) is 11.0. The fourth-order valence-electron chi connectivity index (χ4n) is 3.25. The number of nitrogens with zero attached hydrogens (tertiary/aromatic N) is 1. The highest BCUT2D eigenvalue weighted by atomic mass is 79.9. The number of rotatable bonds is 12. The molecule has 0 atom stereocenters. The number of hydrogen-bond donors (Lipinski definition) is 0. The van der Waals surface area contributed by atoms with Gasteiger partial charge in [-0.2, -0.15) is 0 Å². The molecule has 0 spiro atoms. The van der Waals surface area contributed by atoms with Crippen LogP contribution in [0.3, 0.4) is 0 Å². The van der Waals surface area contributed by atoms with E-state index in [0.29, 0.717) is 17.9 Å².